The average Bonchev–Trinajstić information content (AvgIpc) is 3.37. The Balaban J connectivity index is 1.31. The van der Waals surface area contributed by atoms with E-state index in [-0.39, 0.29) is 43.5 Å². The van der Waals surface area contributed by atoms with Gasteiger partial charge in [-0.05, 0) is 31.5 Å². The van der Waals surface area contributed by atoms with E-state index in [1.165, 1.54) is 24.8 Å². The molecule has 12 heteroatoms. The lowest BCUT2D eigenvalue weighted by atomic mass is 9.91. The minimum atomic E-state index is -1.33. The summed E-state index contributed by atoms with van der Waals surface area (Å²) in [7, 11) is 0. The fourth-order valence-corrected chi connectivity index (χ4v) is 4.82. The highest BCUT2D eigenvalue weighted by Gasteiger charge is 2.42. The number of nitrogens with two attached hydrogens (primary N) is 1. The summed E-state index contributed by atoms with van der Waals surface area (Å²) in [6, 6.07) is 3.75. The Labute approximate surface area is 199 Å². The van der Waals surface area contributed by atoms with Crippen molar-refractivity contribution in [1.82, 2.24) is 34.4 Å². The number of rotatable bonds is 5. The van der Waals surface area contributed by atoms with E-state index in [2.05, 4.69) is 24.9 Å². The number of H-pyrrole nitrogens is 1. The van der Waals surface area contributed by atoms with Gasteiger partial charge in [-0.25, -0.2) is 24.3 Å². The maximum absolute atomic E-state index is 13.4. The van der Waals surface area contributed by atoms with Crippen molar-refractivity contribution in [3.8, 4) is 0 Å². The summed E-state index contributed by atoms with van der Waals surface area (Å²) >= 11 is 0. The van der Waals surface area contributed by atoms with Crippen molar-refractivity contribution in [2.45, 2.75) is 50.4 Å². The van der Waals surface area contributed by atoms with Gasteiger partial charge in [0.25, 0.3) is 0 Å². The molecule has 0 radical (unpaired) electrons. The number of aliphatic hydroxyl groups is 2. The van der Waals surface area contributed by atoms with Gasteiger partial charge in [0.2, 0.25) is 5.91 Å². The molecule has 0 saturated carbocycles. The number of β-amino-alcohol motifs (C(OH)–C–C–N with tert-alkyl or cyclic N) is 1. The Morgan fingerprint density at radius 1 is 1.31 bits per heavy atom. The molecule has 184 valence electrons. The highest BCUT2D eigenvalue weighted by molar-refractivity contribution is 5.81. The number of anilines is 1. The van der Waals surface area contributed by atoms with Crippen molar-refractivity contribution in [2.24, 2.45) is 0 Å². The third kappa shape index (κ3) is 4.54. The number of carbonyl (C=O) groups excluding carboxylic acids is 1. The van der Waals surface area contributed by atoms with Crippen LogP contribution in [-0.4, -0.2) is 75.3 Å². The summed E-state index contributed by atoms with van der Waals surface area (Å²) in [6.45, 7) is 1.91. The first-order chi connectivity index (χ1) is 16.7. The van der Waals surface area contributed by atoms with Gasteiger partial charge in [-0.15, -0.1) is 0 Å². The molecule has 1 aliphatic rings. The van der Waals surface area contributed by atoms with Crippen LogP contribution in [0.15, 0.2) is 30.9 Å². The molecule has 1 saturated heterocycles. The van der Waals surface area contributed by atoms with Crippen LogP contribution >= 0.6 is 0 Å². The van der Waals surface area contributed by atoms with Gasteiger partial charge in [0.15, 0.2) is 11.5 Å². The number of hydrogen-bond donors (Lipinski definition) is 4. The summed E-state index contributed by atoms with van der Waals surface area (Å²) < 4.78 is 15.1. The van der Waals surface area contributed by atoms with Crippen molar-refractivity contribution < 1.29 is 19.4 Å². The molecule has 3 aromatic heterocycles. The van der Waals surface area contributed by atoms with Crippen LogP contribution in [0.2, 0.25) is 0 Å². The molecular weight excluding hydrogens is 455 g/mol. The molecule has 4 aromatic rings. The Morgan fingerprint density at radius 2 is 2.14 bits per heavy atom. The van der Waals surface area contributed by atoms with Crippen LogP contribution in [0, 0.1) is 5.82 Å². The number of aryl methyl sites for hydroxylation is 1. The summed E-state index contributed by atoms with van der Waals surface area (Å²) in [4.78, 5) is 34.7. The second-order valence-corrected chi connectivity index (χ2v) is 9.31. The molecule has 0 bridgehead atoms. The van der Waals surface area contributed by atoms with E-state index in [4.69, 9.17) is 5.73 Å². The standard InChI is InChI=1S/C23H27FN8O3/c1-23(35)8-14(33)9-31(10-17(23)32-12-28-20-21(25)26-11-27-22(20)32)19(34)4-2-3-18-29-15-6-5-13(24)7-16(15)30-18/h5-7,11-12,14,17,33,35H,2-4,8-10H2,1H3,(H,29,30)(H2,25,26,27)/t14-,17+,23+/m0/s1. The maximum Gasteiger partial charge on any atom is 0.222 e. The van der Waals surface area contributed by atoms with Crippen LogP contribution in [0.25, 0.3) is 22.2 Å². The number of amides is 1. The largest absolute Gasteiger partial charge is 0.391 e. The molecule has 5 N–H and O–H groups in total. The molecule has 4 heterocycles. The lowest BCUT2D eigenvalue weighted by molar-refractivity contribution is -0.132. The number of nitrogens with one attached hydrogen (secondary N) is 1. The fraction of sp³-hybridized carbons (Fsp3) is 0.435. The number of nitrogen functional groups attached to an aromatic ring is 1. The van der Waals surface area contributed by atoms with E-state index in [1.807, 2.05) is 0 Å². The second kappa shape index (κ2) is 8.86. The molecule has 35 heavy (non-hydrogen) atoms. The monoisotopic (exact) mass is 482 g/mol. The average molecular weight is 483 g/mol. The number of benzene rings is 1. The molecule has 1 amide bonds. The normalized spacial score (nSPS) is 23.1. The van der Waals surface area contributed by atoms with Crippen LogP contribution in [0.1, 0.15) is 38.1 Å². The van der Waals surface area contributed by atoms with Crippen molar-refractivity contribution in [2.75, 3.05) is 18.8 Å². The number of halogens is 1. The van der Waals surface area contributed by atoms with Gasteiger partial charge in [-0.3, -0.25) is 4.79 Å². The van der Waals surface area contributed by atoms with Crippen molar-refractivity contribution >= 4 is 33.9 Å². The third-order valence-electron chi connectivity index (χ3n) is 6.56. The van der Waals surface area contributed by atoms with E-state index in [0.29, 0.717) is 40.9 Å². The molecule has 5 rings (SSSR count). The topological polar surface area (TPSA) is 159 Å². The molecule has 3 atom stereocenters. The number of aliphatic hydroxyl groups excluding tert-OH is 1. The van der Waals surface area contributed by atoms with Crippen molar-refractivity contribution in [3.63, 3.8) is 0 Å². The molecule has 0 aliphatic carbocycles. The number of hydrogen-bond acceptors (Lipinski definition) is 8. The van der Waals surface area contributed by atoms with Crippen LogP contribution in [0.3, 0.4) is 0 Å². The predicted molar refractivity (Wildman–Crippen MR) is 126 cm³/mol. The van der Waals surface area contributed by atoms with Gasteiger partial charge in [0.1, 0.15) is 23.5 Å². The zero-order chi connectivity index (χ0) is 24.7. The van der Waals surface area contributed by atoms with Crippen LogP contribution in [-0.2, 0) is 11.2 Å². The summed E-state index contributed by atoms with van der Waals surface area (Å²) in [5, 5.41) is 21.8. The molecular formula is C23H27FN8O3. The van der Waals surface area contributed by atoms with E-state index in [1.54, 1.807) is 22.5 Å². The smallest absolute Gasteiger partial charge is 0.222 e. The van der Waals surface area contributed by atoms with Crippen LogP contribution in [0.4, 0.5) is 10.2 Å². The Kier molecular flexibility index (Phi) is 5.85. The number of fused-ring (bicyclic) bond motifs is 2. The SMILES string of the molecule is C[C@@]1(O)C[C@H](O)CN(C(=O)CCCc2nc3ccc(F)cc3[nH]2)C[C@H]1n1cnc2c(N)ncnc21. The first-order valence-corrected chi connectivity index (χ1v) is 11.5. The van der Waals surface area contributed by atoms with Gasteiger partial charge in [-0.2, -0.15) is 0 Å². The Hall–Kier alpha value is -3.64. The lowest BCUT2D eigenvalue weighted by Gasteiger charge is -2.34. The van der Waals surface area contributed by atoms with Crippen LogP contribution < -0.4 is 5.73 Å². The molecule has 0 unspecified atom stereocenters. The van der Waals surface area contributed by atoms with Crippen LogP contribution in [0.5, 0.6) is 0 Å². The van der Waals surface area contributed by atoms with E-state index < -0.39 is 17.7 Å². The molecule has 11 nitrogen and oxygen atoms in total. The zero-order valence-corrected chi connectivity index (χ0v) is 19.2. The number of aromatic amines is 1. The van der Waals surface area contributed by atoms with Crippen molar-refractivity contribution in [1.29, 1.82) is 0 Å². The van der Waals surface area contributed by atoms with Gasteiger partial charge in [0, 0.05) is 32.4 Å². The van der Waals surface area contributed by atoms with E-state index in [9.17, 15) is 19.4 Å². The summed E-state index contributed by atoms with van der Waals surface area (Å²) in [6.07, 6.45) is 3.31. The minimum Gasteiger partial charge on any atom is -0.391 e. The van der Waals surface area contributed by atoms with Gasteiger partial charge < -0.3 is 30.4 Å². The first kappa shape index (κ1) is 23.1. The number of likely N-dealkylation sites (tertiary alicyclic amines) is 1. The quantitative estimate of drug-likeness (QED) is 0.332. The summed E-state index contributed by atoms with van der Waals surface area (Å²) in [5.41, 5.74) is 6.73. The number of nitrogens with zero attached hydrogens (tertiary/aromatic N) is 6. The zero-order valence-electron chi connectivity index (χ0n) is 19.2. The van der Waals surface area contributed by atoms with E-state index in [0.717, 1.165) is 0 Å². The Bertz CT molecular complexity index is 1380. The first-order valence-electron chi connectivity index (χ1n) is 11.5. The van der Waals surface area contributed by atoms with Gasteiger partial charge >= 0.3 is 0 Å². The lowest BCUT2D eigenvalue weighted by Crippen LogP contribution is -2.42. The third-order valence-corrected chi connectivity index (χ3v) is 6.56. The fourth-order valence-electron chi connectivity index (χ4n) is 4.82. The molecule has 1 fully saturated rings. The molecule has 1 aliphatic heterocycles. The molecule has 0 spiro atoms. The number of carbonyl (C=O) groups is 1. The Morgan fingerprint density at radius 3 is 2.97 bits per heavy atom. The minimum absolute atomic E-state index is 0.0806. The second-order valence-electron chi connectivity index (χ2n) is 9.31. The highest BCUT2D eigenvalue weighted by atomic mass is 19.1. The molecule has 1 aromatic carbocycles. The number of aromatic nitrogens is 6. The highest BCUT2D eigenvalue weighted by Crippen LogP contribution is 2.34. The maximum atomic E-state index is 13.4. The van der Waals surface area contributed by atoms with Gasteiger partial charge in [-0.1, -0.05) is 0 Å². The van der Waals surface area contributed by atoms with Gasteiger partial charge in [0.05, 0.1) is 35.1 Å². The number of imidazole rings is 2. The summed E-state index contributed by atoms with van der Waals surface area (Å²) in [5.74, 6) is 0.417. The van der Waals surface area contributed by atoms with Crippen molar-refractivity contribution in [3.05, 3.63) is 42.5 Å². The predicted octanol–water partition coefficient (Wildman–Crippen LogP) is 1.33. The van der Waals surface area contributed by atoms with E-state index >= 15 is 0 Å².